The van der Waals surface area contributed by atoms with E-state index in [1.807, 2.05) is 45.0 Å². The van der Waals surface area contributed by atoms with Gasteiger partial charge in [-0.15, -0.1) is 0 Å². The van der Waals surface area contributed by atoms with E-state index in [2.05, 4.69) is 10.3 Å². The SMILES string of the molecule is Cc1cc(C)c(NC(=O)OCc2ccncc2)c(C)c1. The second-order valence-electron chi connectivity index (χ2n) is 4.83. The zero-order chi connectivity index (χ0) is 14.5. The van der Waals surface area contributed by atoms with Gasteiger partial charge in [0.2, 0.25) is 0 Å². The molecular weight excluding hydrogens is 252 g/mol. The second kappa shape index (κ2) is 6.19. The summed E-state index contributed by atoms with van der Waals surface area (Å²) in [5, 5.41) is 2.80. The average molecular weight is 270 g/mol. The fourth-order valence-electron chi connectivity index (χ4n) is 2.14. The van der Waals surface area contributed by atoms with E-state index in [9.17, 15) is 4.79 Å². The number of benzene rings is 1. The van der Waals surface area contributed by atoms with Crippen molar-refractivity contribution in [1.29, 1.82) is 0 Å². The number of hydrogen-bond acceptors (Lipinski definition) is 3. The maximum Gasteiger partial charge on any atom is 0.411 e. The van der Waals surface area contributed by atoms with Crippen molar-refractivity contribution < 1.29 is 9.53 Å². The first-order valence-electron chi connectivity index (χ1n) is 6.47. The number of rotatable bonds is 3. The van der Waals surface area contributed by atoms with E-state index < -0.39 is 6.09 Å². The minimum atomic E-state index is -0.447. The molecular formula is C16H18N2O2. The molecule has 1 N–H and O–H groups in total. The van der Waals surface area contributed by atoms with E-state index in [1.54, 1.807) is 12.4 Å². The molecule has 0 aliphatic heterocycles. The first-order valence-corrected chi connectivity index (χ1v) is 6.47. The maximum absolute atomic E-state index is 11.8. The van der Waals surface area contributed by atoms with Crippen molar-refractivity contribution in [3.05, 3.63) is 58.9 Å². The normalized spacial score (nSPS) is 10.2. The van der Waals surface area contributed by atoms with Gasteiger partial charge in [-0.05, 0) is 49.6 Å². The quantitative estimate of drug-likeness (QED) is 0.924. The molecule has 1 aromatic heterocycles. The van der Waals surface area contributed by atoms with Crippen molar-refractivity contribution >= 4 is 11.8 Å². The summed E-state index contributed by atoms with van der Waals surface area (Å²) >= 11 is 0. The van der Waals surface area contributed by atoms with Crippen LogP contribution in [0.2, 0.25) is 0 Å². The van der Waals surface area contributed by atoms with Gasteiger partial charge in [0.25, 0.3) is 0 Å². The van der Waals surface area contributed by atoms with Crippen LogP contribution in [0.25, 0.3) is 0 Å². The largest absolute Gasteiger partial charge is 0.444 e. The van der Waals surface area contributed by atoms with Crippen molar-refractivity contribution in [2.45, 2.75) is 27.4 Å². The Bertz CT molecular complexity index is 586. The molecule has 0 saturated heterocycles. The average Bonchev–Trinajstić information content (AvgIpc) is 2.42. The van der Waals surface area contributed by atoms with Gasteiger partial charge in [0, 0.05) is 18.1 Å². The van der Waals surface area contributed by atoms with Crippen LogP contribution in [-0.4, -0.2) is 11.1 Å². The van der Waals surface area contributed by atoms with Crippen molar-refractivity contribution in [2.75, 3.05) is 5.32 Å². The minimum Gasteiger partial charge on any atom is -0.444 e. The van der Waals surface area contributed by atoms with E-state index in [1.165, 1.54) is 5.56 Å². The molecule has 1 amide bonds. The van der Waals surface area contributed by atoms with E-state index in [0.29, 0.717) is 0 Å². The summed E-state index contributed by atoms with van der Waals surface area (Å²) in [5.41, 5.74) is 4.96. The third-order valence-electron chi connectivity index (χ3n) is 3.02. The number of carbonyl (C=O) groups is 1. The van der Waals surface area contributed by atoms with Crippen LogP contribution in [0.5, 0.6) is 0 Å². The highest BCUT2D eigenvalue weighted by Crippen LogP contribution is 2.22. The third kappa shape index (κ3) is 3.57. The highest BCUT2D eigenvalue weighted by atomic mass is 16.5. The molecule has 2 rings (SSSR count). The Kier molecular flexibility index (Phi) is 4.35. The highest BCUT2D eigenvalue weighted by Gasteiger charge is 2.09. The number of hydrogen-bond donors (Lipinski definition) is 1. The Labute approximate surface area is 118 Å². The summed E-state index contributed by atoms with van der Waals surface area (Å²) in [6.45, 7) is 6.21. The number of amides is 1. The molecule has 0 radical (unpaired) electrons. The zero-order valence-electron chi connectivity index (χ0n) is 11.9. The lowest BCUT2D eigenvalue weighted by Gasteiger charge is -2.13. The summed E-state index contributed by atoms with van der Waals surface area (Å²) in [4.78, 5) is 15.7. The Morgan fingerprint density at radius 3 is 2.35 bits per heavy atom. The topological polar surface area (TPSA) is 51.2 Å². The maximum atomic E-state index is 11.8. The van der Waals surface area contributed by atoms with Crippen LogP contribution >= 0.6 is 0 Å². The van der Waals surface area contributed by atoms with E-state index in [4.69, 9.17) is 4.74 Å². The lowest BCUT2D eigenvalue weighted by Crippen LogP contribution is -2.15. The van der Waals surface area contributed by atoms with Gasteiger partial charge in [0.05, 0.1) is 0 Å². The summed E-state index contributed by atoms with van der Waals surface area (Å²) in [5.74, 6) is 0. The second-order valence-corrected chi connectivity index (χ2v) is 4.83. The van der Waals surface area contributed by atoms with Gasteiger partial charge in [-0.2, -0.15) is 0 Å². The van der Waals surface area contributed by atoms with E-state index in [-0.39, 0.29) is 6.61 Å². The Morgan fingerprint density at radius 1 is 1.15 bits per heavy atom. The van der Waals surface area contributed by atoms with Gasteiger partial charge in [-0.3, -0.25) is 10.3 Å². The number of pyridine rings is 1. The van der Waals surface area contributed by atoms with Crippen molar-refractivity contribution in [3.63, 3.8) is 0 Å². The number of nitrogens with one attached hydrogen (secondary N) is 1. The van der Waals surface area contributed by atoms with E-state index in [0.717, 1.165) is 22.4 Å². The minimum absolute atomic E-state index is 0.234. The monoisotopic (exact) mass is 270 g/mol. The van der Waals surface area contributed by atoms with Gasteiger partial charge in [0.15, 0.2) is 0 Å². The van der Waals surface area contributed by atoms with Crippen LogP contribution in [0.4, 0.5) is 10.5 Å². The molecule has 0 saturated carbocycles. The summed E-state index contributed by atoms with van der Waals surface area (Å²) in [6.07, 6.45) is 2.90. The van der Waals surface area contributed by atoms with Crippen molar-refractivity contribution in [1.82, 2.24) is 4.98 Å². The van der Waals surface area contributed by atoms with Crippen molar-refractivity contribution in [2.24, 2.45) is 0 Å². The molecule has 0 atom stereocenters. The molecule has 20 heavy (non-hydrogen) atoms. The van der Waals surface area contributed by atoms with Gasteiger partial charge < -0.3 is 4.74 Å². The molecule has 0 aliphatic rings. The predicted octanol–water partition coefficient (Wildman–Crippen LogP) is 3.76. The van der Waals surface area contributed by atoms with Crippen LogP contribution in [0.1, 0.15) is 22.3 Å². The molecule has 104 valence electrons. The van der Waals surface area contributed by atoms with Gasteiger partial charge in [-0.1, -0.05) is 17.7 Å². The molecule has 4 nitrogen and oxygen atoms in total. The first-order chi connectivity index (χ1) is 9.56. The number of aromatic nitrogens is 1. The van der Waals surface area contributed by atoms with Crippen LogP contribution < -0.4 is 5.32 Å². The van der Waals surface area contributed by atoms with Crippen LogP contribution in [0, 0.1) is 20.8 Å². The fourth-order valence-corrected chi connectivity index (χ4v) is 2.14. The number of nitrogens with zero attached hydrogens (tertiary/aromatic N) is 1. The molecule has 2 aromatic rings. The Hall–Kier alpha value is -2.36. The molecule has 0 spiro atoms. The standard InChI is InChI=1S/C16H18N2O2/c1-11-8-12(2)15(13(3)9-11)18-16(19)20-10-14-4-6-17-7-5-14/h4-9H,10H2,1-3H3,(H,18,19). The van der Waals surface area contributed by atoms with Crippen molar-refractivity contribution in [3.8, 4) is 0 Å². The first kappa shape index (κ1) is 14.1. The molecule has 1 aromatic carbocycles. The lowest BCUT2D eigenvalue weighted by molar-refractivity contribution is 0.155. The van der Waals surface area contributed by atoms with Gasteiger partial charge in [-0.25, -0.2) is 4.79 Å². The molecule has 0 aliphatic carbocycles. The summed E-state index contributed by atoms with van der Waals surface area (Å²) in [6, 6.07) is 7.70. The smallest absolute Gasteiger partial charge is 0.411 e. The Balaban J connectivity index is 1.98. The van der Waals surface area contributed by atoms with Crippen LogP contribution in [0.3, 0.4) is 0 Å². The van der Waals surface area contributed by atoms with Crippen LogP contribution in [-0.2, 0) is 11.3 Å². The molecule has 0 fully saturated rings. The molecule has 0 unspecified atom stereocenters. The summed E-state index contributed by atoms with van der Waals surface area (Å²) < 4.78 is 5.19. The van der Waals surface area contributed by atoms with Gasteiger partial charge >= 0.3 is 6.09 Å². The number of anilines is 1. The predicted molar refractivity (Wildman–Crippen MR) is 78.7 cm³/mol. The number of aryl methyl sites for hydroxylation is 3. The molecule has 1 heterocycles. The van der Waals surface area contributed by atoms with E-state index >= 15 is 0 Å². The highest BCUT2D eigenvalue weighted by molar-refractivity contribution is 5.86. The Morgan fingerprint density at radius 2 is 1.75 bits per heavy atom. The summed E-state index contributed by atoms with van der Waals surface area (Å²) in [7, 11) is 0. The molecule has 4 heteroatoms. The van der Waals surface area contributed by atoms with Gasteiger partial charge in [0.1, 0.15) is 6.61 Å². The molecule has 0 bridgehead atoms. The number of carbonyl (C=O) groups excluding carboxylic acids is 1. The third-order valence-corrected chi connectivity index (χ3v) is 3.02. The fraction of sp³-hybridized carbons (Fsp3) is 0.250. The lowest BCUT2D eigenvalue weighted by atomic mass is 10.1. The van der Waals surface area contributed by atoms with Crippen LogP contribution in [0.15, 0.2) is 36.7 Å². The number of ether oxygens (including phenoxy) is 1. The zero-order valence-corrected chi connectivity index (χ0v) is 11.9.